The summed E-state index contributed by atoms with van der Waals surface area (Å²) in [5.74, 6) is -0.0785. The normalized spacial score (nSPS) is 11.5. The van der Waals surface area contributed by atoms with E-state index in [0.29, 0.717) is 0 Å². The van der Waals surface area contributed by atoms with Gasteiger partial charge in [0.05, 0.1) is 11.4 Å². The monoisotopic (exact) mass is 328 g/mol. The van der Waals surface area contributed by atoms with Gasteiger partial charge >= 0.3 is 6.01 Å². The number of nitrogens with one attached hydrogen (secondary N) is 2. The van der Waals surface area contributed by atoms with Crippen molar-refractivity contribution >= 4 is 50.5 Å². The quantitative estimate of drug-likeness (QED) is 0.894. The van der Waals surface area contributed by atoms with Crippen molar-refractivity contribution in [2.75, 3.05) is 11.8 Å². The molecule has 0 aliphatic heterocycles. The molecule has 0 aliphatic rings. The minimum Gasteiger partial charge on any atom is -0.466 e. The summed E-state index contributed by atoms with van der Waals surface area (Å²) >= 11 is 12.4. The molecule has 0 bridgehead atoms. The molecule has 18 heavy (non-hydrogen) atoms. The predicted octanol–water partition coefficient (Wildman–Crippen LogP) is 1.98. The molecule has 2 aromatic heterocycles. The molecule has 98 valence electrons. The zero-order valence-electron chi connectivity index (χ0n) is 8.77. The summed E-state index contributed by atoms with van der Waals surface area (Å²) in [6.07, 6.45) is 0. The highest BCUT2D eigenvalue weighted by Crippen LogP contribution is 2.34. The van der Waals surface area contributed by atoms with Crippen LogP contribution in [0.1, 0.15) is 0 Å². The number of H-pyrrole nitrogens is 1. The van der Waals surface area contributed by atoms with E-state index in [1.807, 2.05) is 0 Å². The van der Waals surface area contributed by atoms with E-state index in [-0.39, 0.29) is 25.5 Å². The van der Waals surface area contributed by atoms with Gasteiger partial charge in [0.15, 0.2) is 0 Å². The van der Waals surface area contributed by atoms with Crippen molar-refractivity contribution in [3.8, 4) is 6.01 Å². The zero-order valence-corrected chi connectivity index (χ0v) is 11.9. The molecule has 0 atom stereocenters. The van der Waals surface area contributed by atoms with Gasteiger partial charge in [-0.05, 0) is 6.07 Å². The van der Waals surface area contributed by atoms with E-state index >= 15 is 0 Å². The van der Waals surface area contributed by atoms with Gasteiger partial charge in [0, 0.05) is 0 Å². The maximum Gasteiger partial charge on any atom is 0.336 e. The largest absolute Gasteiger partial charge is 0.466 e. The first-order chi connectivity index (χ1) is 8.42. The van der Waals surface area contributed by atoms with Crippen molar-refractivity contribution in [1.82, 2.24) is 15.2 Å². The standard InChI is InChI=1S/C7H6Cl2N4O3S2/c1-16-7-10-6(11-12-7)13-18(14,15)3-2-4(8)17-5(3)9/h2H,1H3,(H2,10,11,12,13). The van der Waals surface area contributed by atoms with Gasteiger partial charge in [-0.1, -0.05) is 23.2 Å². The van der Waals surface area contributed by atoms with Crippen LogP contribution in [0.2, 0.25) is 8.67 Å². The van der Waals surface area contributed by atoms with Crippen LogP contribution in [-0.2, 0) is 10.0 Å². The molecule has 0 aromatic carbocycles. The third-order valence-corrected chi connectivity index (χ3v) is 4.89. The Hall–Kier alpha value is -1.03. The van der Waals surface area contributed by atoms with Crippen LogP contribution in [0.3, 0.4) is 0 Å². The lowest BCUT2D eigenvalue weighted by molar-refractivity contribution is 0.382. The second kappa shape index (κ2) is 4.92. The SMILES string of the molecule is COc1n[nH]c(NS(=O)(=O)c2cc(Cl)sc2Cl)n1. The zero-order chi connectivity index (χ0) is 13.3. The number of aromatic amines is 1. The Morgan fingerprint density at radius 2 is 2.22 bits per heavy atom. The van der Waals surface area contributed by atoms with Crippen molar-refractivity contribution in [2.24, 2.45) is 0 Å². The number of aromatic nitrogens is 3. The number of thiophene rings is 1. The number of ether oxygens (including phenoxy) is 1. The van der Waals surface area contributed by atoms with Crippen molar-refractivity contribution in [3.05, 3.63) is 14.7 Å². The second-order valence-corrected chi connectivity index (χ2v) is 6.90. The molecule has 2 aromatic rings. The van der Waals surface area contributed by atoms with Crippen LogP contribution in [0.4, 0.5) is 5.95 Å². The Balaban J connectivity index is 2.29. The number of sulfonamides is 1. The van der Waals surface area contributed by atoms with E-state index in [4.69, 9.17) is 27.9 Å². The number of rotatable bonds is 4. The molecule has 11 heteroatoms. The maximum absolute atomic E-state index is 12.0. The molecule has 2 heterocycles. The van der Waals surface area contributed by atoms with Gasteiger partial charge in [-0.25, -0.2) is 18.2 Å². The summed E-state index contributed by atoms with van der Waals surface area (Å²) in [6, 6.07) is 1.27. The number of hydrogen-bond donors (Lipinski definition) is 2. The van der Waals surface area contributed by atoms with E-state index in [1.165, 1.54) is 13.2 Å². The van der Waals surface area contributed by atoms with Gasteiger partial charge in [-0.15, -0.1) is 16.4 Å². The van der Waals surface area contributed by atoms with Gasteiger partial charge in [-0.3, -0.25) is 0 Å². The van der Waals surface area contributed by atoms with E-state index in [0.717, 1.165) is 11.3 Å². The molecule has 0 saturated heterocycles. The molecule has 2 N–H and O–H groups in total. The minimum atomic E-state index is -3.86. The van der Waals surface area contributed by atoms with E-state index < -0.39 is 10.0 Å². The first kappa shape index (κ1) is 13.4. The molecule has 0 spiro atoms. The smallest absolute Gasteiger partial charge is 0.336 e. The van der Waals surface area contributed by atoms with Crippen LogP contribution in [0, 0.1) is 0 Å². The third kappa shape index (κ3) is 2.69. The molecule has 0 saturated carbocycles. The molecular weight excluding hydrogens is 323 g/mol. The number of hydrogen-bond acceptors (Lipinski definition) is 6. The molecular formula is C7H6Cl2N4O3S2. The van der Waals surface area contributed by atoms with Crippen LogP contribution in [0.15, 0.2) is 11.0 Å². The Kier molecular flexibility index (Phi) is 3.66. The van der Waals surface area contributed by atoms with Crippen molar-refractivity contribution < 1.29 is 13.2 Å². The Morgan fingerprint density at radius 1 is 1.50 bits per heavy atom. The molecule has 0 unspecified atom stereocenters. The van der Waals surface area contributed by atoms with Gasteiger partial charge in [0.1, 0.15) is 9.23 Å². The van der Waals surface area contributed by atoms with Crippen LogP contribution >= 0.6 is 34.5 Å². The highest BCUT2D eigenvalue weighted by molar-refractivity contribution is 7.93. The highest BCUT2D eigenvalue weighted by atomic mass is 35.5. The fourth-order valence-corrected chi connectivity index (χ4v) is 4.18. The first-order valence-electron chi connectivity index (χ1n) is 4.36. The number of methoxy groups -OCH3 is 1. The first-order valence-corrected chi connectivity index (χ1v) is 7.42. The van der Waals surface area contributed by atoms with Crippen LogP contribution < -0.4 is 9.46 Å². The van der Waals surface area contributed by atoms with Crippen molar-refractivity contribution in [2.45, 2.75) is 4.90 Å². The molecule has 2 rings (SSSR count). The van der Waals surface area contributed by atoms with Crippen LogP contribution in [-0.4, -0.2) is 30.7 Å². The van der Waals surface area contributed by atoms with E-state index in [9.17, 15) is 8.42 Å². The summed E-state index contributed by atoms with van der Waals surface area (Å²) in [5.41, 5.74) is 0. The van der Waals surface area contributed by atoms with Crippen molar-refractivity contribution in [3.63, 3.8) is 0 Å². The maximum atomic E-state index is 12.0. The number of nitrogens with zero attached hydrogens (tertiary/aromatic N) is 2. The van der Waals surface area contributed by atoms with Gasteiger partial charge < -0.3 is 4.74 Å². The molecule has 7 nitrogen and oxygen atoms in total. The third-order valence-electron chi connectivity index (χ3n) is 1.79. The average Bonchev–Trinajstić information content (AvgIpc) is 2.84. The van der Waals surface area contributed by atoms with Gasteiger partial charge in [-0.2, -0.15) is 4.98 Å². The van der Waals surface area contributed by atoms with Crippen LogP contribution in [0.25, 0.3) is 0 Å². The topological polar surface area (TPSA) is 97.0 Å². The Morgan fingerprint density at radius 3 is 2.72 bits per heavy atom. The lowest BCUT2D eigenvalue weighted by Crippen LogP contribution is -2.13. The number of halogens is 2. The summed E-state index contributed by atoms with van der Waals surface area (Å²) in [7, 11) is -2.51. The fraction of sp³-hybridized carbons (Fsp3) is 0.143. The highest BCUT2D eigenvalue weighted by Gasteiger charge is 2.22. The van der Waals surface area contributed by atoms with Gasteiger partial charge in [0.2, 0.25) is 5.95 Å². The van der Waals surface area contributed by atoms with Crippen molar-refractivity contribution in [1.29, 1.82) is 0 Å². The Bertz CT molecular complexity index is 666. The lowest BCUT2D eigenvalue weighted by Gasteiger charge is -2.02. The van der Waals surface area contributed by atoms with Crippen LogP contribution in [0.5, 0.6) is 6.01 Å². The van der Waals surface area contributed by atoms with E-state index in [2.05, 4.69) is 19.9 Å². The Labute approximate surface area is 116 Å². The fourth-order valence-electron chi connectivity index (χ4n) is 1.07. The summed E-state index contributed by atoms with van der Waals surface area (Å²) in [6.45, 7) is 0. The molecule has 0 aliphatic carbocycles. The molecule has 0 radical (unpaired) electrons. The van der Waals surface area contributed by atoms with Gasteiger partial charge in [0.25, 0.3) is 10.0 Å². The minimum absolute atomic E-state index is 0.0159. The summed E-state index contributed by atoms with van der Waals surface area (Å²) in [5, 5.41) is 5.96. The number of anilines is 1. The lowest BCUT2D eigenvalue weighted by atomic mass is 10.7. The predicted molar refractivity (Wildman–Crippen MR) is 68.1 cm³/mol. The molecule has 0 fully saturated rings. The summed E-state index contributed by atoms with van der Waals surface area (Å²) in [4.78, 5) is 3.61. The second-order valence-electron chi connectivity index (χ2n) is 2.96. The average molecular weight is 329 g/mol. The van der Waals surface area contributed by atoms with E-state index in [1.54, 1.807) is 0 Å². The summed E-state index contributed by atoms with van der Waals surface area (Å²) < 4.78 is 31.1. The molecule has 0 amide bonds.